The number of carbonyl (C=O) groups is 1. The molecule has 1 aliphatic heterocycles. The van der Waals surface area contributed by atoms with Gasteiger partial charge in [-0.05, 0) is 6.42 Å². The Balaban J connectivity index is 2.72. The van der Waals surface area contributed by atoms with E-state index in [9.17, 15) is 9.18 Å². The van der Waals surface area contributed by atoms with E-state index in [1.807, 2.05) is 0 Å². The van der Waals surface area contributed by atoms with Crippen molar-refractivity contribution in [2.75, 3.05) is 6.54 Å². The maximum atomic E-state index is 13.4. The minimum Gasteiger partial charge on any atom is -0.352 e. The fourth-order valence-electron chi connectivity index (χ4n) is 1.40. The molecule has 1 aromatic rings. The molecule has 0 radical (unpaired) electrons. The molecule has 1 aliphatic rings. The summed E-state index contributed by atoms with van der Waals surface area (Å²) in [7, 11) is 0. The molecule has 0 atom stereocenters. The molecule has 0 aliphatic carbocycles. The van der Waals surface area contributed by atoms with Crippen molar-refractivity contribution in [2.24, 2.45) is 0 Å². The lowest BCUT2D eigenvalue weighted by atomic mass is 10.0. The lowest BCUT2D eigenvalue weighted by Gasteiger charge is -2.17. The Morgan fingerprint density at radius 3 is 2.79 bits per heavy atom. The van der Waals surface area contributed by atoms with Crippen LogP contribution in [-0.4, -0.2) is 17.4 Å². The summed E-state index contributed by atoms with van der Waals surface area (Å²) in [6, 6.07) is 0. The molecular weight excluding hydrogens is 230 g/mol. The monoisotopic (exact) mass is 234 g/mol. The Bertz CT molecular complexity index is 422. The minimum absolute atomic E-state index is 0.0522. The topological polar surface area (TPSA) is 42.0 Å². The highest BCUT2D eigenvalue weighted by molar-refractivity contribution is 6.35. The molecule has 0 saturated heterocycles. The van der Waals surface area contributed by atoms with Crippen LogP contribution in [0.25, 0.3) is 0 Å². The molecule has 1 aromatic heterocycles. The van der Waals surface area contributed by atoms with Crippen LogP contribution in [0, 0.1) is 5.82 Å². The molecule has 0 aromatic carbocycles. The Morgan fingerprint density at radius 2 is 2.07 bits per heavy atom. The van der Waals surface area contributed by atoms with Crippen LogP contribution in [0.1, 0.15) is 15.9 Å². The highest BCUT2D eigenvalue weighted by atomic mass is 35.5. The summed E-state index contributed by atoms with van der Waals surface area (Å²) >= 11 is 11.2. The first-order valence-corrected chi connectivity index (χ1v) is 4.68. The van der Waals surface area contributed by atoms with E-state index in [1.54, 1.807) is 0 Å². The number of fused-ring (bicyclic) bond motifs is 1. The number of nitrogens with one attached hydrogen (secondary N) is 1. The molecule has 0 fully saturated rings. The zero-order chi connectivity index (χ0) is 10.3. The number of aromatic nitrogens is 1. The Morgan fingerprint density at radius 1 is 1.36 bits per heavy atom. The quantitative estimate of drug-likeness (QED) is 0.697. The molecule has 6 heteroatoms. The zero-order valence-electron chi connectivity index (χ0n) is 6.90. The summed E-state index contributed by atoms with van der Waals surface area (Å²) in [4.78, 5) is 14.9. The average molecular weight is 235 g/mol. The first-order valence-electron chi connectivity index (χ1n) is 3.93. The summed E-state index contributed by atoms with van der Waals surface area (Å²) in [5.74, 6) is -1.06. The maximum absolute atomic E-state index is 13.4. The third kappa shape index (κ3) is 1.35. The van der Waals surface area contributed by atoms with Gasteiger partial charge in [-0.1, -0.05) is 23.2 Å². The molecule has 3 nitrogen and oxygen atoms in total. The van der Waals surface area contributed by atoms with E-state index in [2.05, 4.69) is 10.3 Å². The molecule has 0 unspecified atom stereocenters. The second-order valence-electron chi connectivity index (χ2n) is 2.87. The predicted octanol–water partition coefficient (Wildman–Crippen LogP) is 1.81. The van der Waals surface area contributed by atoms with Gasteiger partial charge in [0.15, 0.2) is 11.0 Å². The van der Waals surface area contributed by atoms with Crippen LogP contribution in [0.5, 0.6) is 0 Å². The molecule has 0 bridgehead atoms. The number of hydrogen-bond acceptors (Lipinski definition) is 2. The number of amides is 1. The summed E-state index contributed by atoms with van der Waals surface area (Å²) in [5, 5.41) is 2.21. The van der Waals surface area contributed by atoms with Gasteiger partial charge < -0.3 is 5.32 Å². The van der Waals surface area contributed by atoms with E-state index < -0.39 is 11.7 Å². The van der Waals surface area contributed by atoms with Crippen molar-refractivity contribution < 1.29 is 9.18 Å². The standard InChI is InChI=1S/C8H5Cl2FN2O/c9-6-4-3(1-2-12-8(4)14)5(11)7(10)13-6/h1-2H2,(H,12,14). The second-order valence-corrected chi connectivity index (χ2v) is 3.58. The minimum atomic E-state index is -0.652. The third-order valence-corrected chi connectivity index (χ3v) is 2.56. The third-order valence-electron chi connectivity index (χ3n) is 2.04. The normalized spacial score (nSPS) is 14.9. The maximum Gasteiger partial charge on any atom is 0.254 e. The summed E-state index contributed by atoms with van der Waals surface area (Å²) in [6.07, 6.45) is 0.384. The van der Waals surface area contributed by atoms with Crippen molar-refractivity contribution in [2.45, 2.75) is 6.42 Å². The fraction of sp³-hybridized carbons (Fsp3) is 0.250. The first-order chi connectivity index (χ1) is 6.61. The summed E-state index contributed by atoms with van der Waals surface area (Å²) in [5.41, 5.74) is 0.346. The Hall–Kier alpha value is -0.870. The molecule has 14 heavy (non-hydrogen) atoms. The van der Waals surface area contributed by atoms with E-state index in [1.165, 1.54) is 0 Å². The molecule has 74 valence electrons. The molecule has 1 amide bonds. The number of halogens is 3. The molecule has 2 heterocycles. The predicted molar refractivity (Wildman–Crippen MR) is 50.3 cm³/mol. The zero-order valence-corrected chi connectivity index (χ0v) is 8.42. The van der Waals surface area contributed by atoms with Crippen LogP contribution in [0.4, 0.5) is 4.39 Å². The van der Waals surface area contributed by atoms with E-state index in [0.29, 0.717) is 13.0 Å². The Kier molecular flexibility index (Phi) is 2.33. The van der Waals surface area contributed by atoms with E-state index >= 15 is 0 Å². The SMILES string of the molecule is O=C1NCCc2c(F)c(Cl)nc(Cl)c21. The van der Waals surface area contributed by atoms with Gasteiger partial charge in [0.05, 0.1) is 5.56 Å². The lowest BCUT2D eigenvalue weighted by Crippen LogP contribution is -2.33. The van der Waals surface area contributed by atoms with Crippen LogP contribution in [0.15, 0.2) is 0 Å². The van der Waals surface area contributed by atoms with Crippen molar-refractivity contribution in [3.05, 3.63) is 27.3 Å². The van der Waals surface area contributed by atoms with Gasteiger partial charge in [0.2, 0.25) is 0 Å². The van der Waals surface area contributed by atoms with Crippen LogP contribution in [0.3, 0.4) is 0 Å². The number of rotatable bonds is 0. The van der Waals surface area contributed by atoms with Gasteiger partial charge in [0.25, 0.3) is 5.91 Å². The van der Waals surface area contributed by atoms with Gasteiger partial charge in [0, 0.05) is 12.1 Å². The average Bonchev–Trinajstić information content (AvgIpc) is 2.14. The van der Waals surface area contributed by atoms with Crippen molar-refractivity contribution in [3.8, 4) is 0 Å². The molecule has 1 N–H and O–H groups in total. The highest BCUT2D eigenvalue weighted by Crippen LogP contribution is 2.27. The van der Waals surface area contributed by atoms with E-state index in [4.69, 9.17) is 23.2 Å². The second kappa shape index (κ2) is 3.37. The smallest absolute Gasteiger partial charge is 0.254 e. The van der Waals surface area contributed by atoms with Crippen LogP contribution >= 0.6 is 23.2 Å². The largest absolute Gasteiger partial charge is 0.352 e. The van der Waals surface area contributed by atoms with Crippen molar-refractivity contribution in [1.82, 2.24) is 10.3 Å². The molecular formula is C8H5Cl2FN2O. The van der Waals surface area contributed by atoms with E-state index in [0.717, 1.165) is 0 Å². The van der Waals surface area contributed by atoms with Gasteiger partial charge in [-0.25, -0.2) is 9.37 Å². The summed E-state index contributed by atoms with van der Waals surface area (Å²) < 4.78 is 13.4. The number of nitrogens with zero attached hydrogens (tertiary/aromatic N) is 1. The number of hydrogen-bond donors (Lipinski definition) is 1. The molecule has 0 saturated carbocycles. The van der Waals surface area contributed by atoms with Gasteiger partial charge in [0.1, 0.15) is 5.15 Å². The van der Waals surface area contributed by atoms with Crippen molar-refractivity contribution in [1.29, 1.82) is 0 Å². The van der Waals surface area contributed by atoms with Crippen LogP contribution < -0.4 is 5.32 Å². The first kappa shape index (κ1) is 9.68. The molecule has 2 rings (SSSR count). The van der Waals surface area contributed by atoms with Gasteiger partial charge in [-0.2, -0.15) is 0 Å². The Labute approximate surface area is 89.2 Å². The van der Waals surface area contributed by atoms with Crippen molar-refractivity contribution >= 4 is 29.1 Å². The lowest BCUT2D eigenvalue weighted by molar-refractivity contribution is 0.0944. The number of carbonyl (C=O) groups excluding carboxylic acids is 1. The molecule has 0 spiro atoms. The van der Waals surface area contributed by atoms with E-state index in [-0.39, 0.29) is 21.4 Å². The summed E-state index contributed by atoms with van der Waals surface area (Å²) in [6.45, 7) is 0.388. The van der Waals surface area contributed by atoms with Crippen molar-refractivity contribution in [3.63, 3.8) is 0 Å². The van der Waals surface area contributed by atoms with Gasteiger partial charge in [-0.3, -0.25) is 4.79 Å². The fourth-order valence-corrected chi connectivity index (χ4v) is 1.93. The van der Waals surface area contributed by atoms with Gasteiger partial charge in [-0.15, -0.1) is 0 Å². The number of pyridine rings is 1. The van der Waals surface area contributed by atoms with Gasteiger partial charge >= 0.3 is 0 Å². The highest BCUT2D eigenvalue weighted by Gasteiger charge is 2.26. The van der Waals surface area contributed by atoms with Crippen LogP contribution in [-0.2, 0) is 6.42 Å². The van der Waals surface area contributed by atoms with Crippen LogP contribution in [0.2, 0.25) is 10.3 Å².